The van der Waals surface area contributed by atoms with Gasteiger partial charge in [-0.25, -0.2) is 0 Å². The summed E-state index contributed by atoms with van der Waals surface area (Å²) in [5.41, 5.74) is 19.5. The van der Waals surface area contributed by atoms with Crippen LogP contribution in [-0.2, 0) is 20.8 Å². The van der Waals surface area contributed by atoms with Crippen LogP contribution in [0.25, 0.3) is 0 Å². The maximum Gasteiger partial charge on any atom is 0.240 e. The number of halogens is 2. The molecule has 0 saturated heterocycles. The highest BCUT2D eigenvalue weighted by Gasteiger charge is 2.37. The Bertz CT molecular complexity index is 1320. The molecule has 0 spiro atoms. The van der Waals surface area contributed by atoms with E-state index >= 15 is 0 Å². The van der Waals surface area contributed by atoms with Crippen LogP contribution in [0.3, 0.4) is 0 Å². The number of carbonyl (C=O) groups is 3. The molecule has 3 amide bonds. The molecule has 0 heterocycles. The third-order valence-corrected chi connectivity index (χ3v) is 7.30. The van der Waals surface area contributed by atoms with Gasteiger partial charge < -0.3 is 27.4 Å². The van der Waals surface area contributed by atoms with Crippen LogP contribution < -0.4 is 22.5 Å². The molecule has 3 aromatic rings. The summed E-state index contributed by atoms with van der Waals surface area (Å²) >= 11 is 12.3. The Morgan fingerprint density at radius 3 is 1.76 bits per heavy atom. The first-order chi connectivity index (χ1) is 19.5. The molecule has 0 radical (unpaired) electrons. The lowest BCUT2D eigenvalue weighted by molar-refractivity contribution is -0.142. The summed E-state index contributed by atoms with van der Waals surface area (Å²) in [5.74, 6) is -2.44. The fraction of sp³-hybridized carbons (Fsp3) is 0.267. The van der Waals surface area contributed by atoms with Gasteiger partial charge in [0, 0.05) is 16.6 Å². The average Bonchev–Trinajstić information content (AvgIpc) is 2.92. The van der Waals surface area contributed by atoms with Crippen molar-refractivity contribution in [1.82, 2.24) is 10.2 Å². The summed E-state index contributed by atoms with van der Waals surface area (Å²) in [6, 6.07) is 19.5. The van der Waals surface area contributed by atoms with E-state index in [-0.39, 0.29) is 24.7 Å². The van der Waals surface area contributed by atoms with Crippen LogP contribution in [0.2, 0.25) is 10.0 Å². The quantitative estimate of drug-likeness (QED) is 0.114. The second-order valence-corrected chi connectivity index (χ2v) is 10.6. The number of rotatable bonds is 13. The van der Waals surface area contributed by atoms with E-state index < -0.39 is 29.8 Å². The van der Waals surface area contributed by atoms with E-state index in [9.17, 15) is 14.4 Å². The van der Waals surface area contributed by atoms with Crippen LogP contribution in [0, 0.1) is 5.41 Å². The molecule has 0 saturated carbocycles. The van der Waals surface area contributed by atoms with Gasteiger partial charge in [-0.1, -0.05) is 71.7 Å². The van der Waals surface area contributed by atoms with Crippen molar-refractivity contribution in [2.75, 3.05) is 6.54 Å². The van der Waals surface area contributed by atoms with E-state index in [0.29, 0.717) is 34.1 Å². The lowest BCUT2D eigenvalue weighted by Crippen LogP contribution is -2.51. The number of benzene rings is 3. The highest BCUT2D eigenvalue weighted by molar-refractivity contribution is 6.30. The van der Waals surface area contributed by atoms with Crippen molar-refractivity contribution in [1.29, 1.82) is 5.41 Å². The average molecular weight is 598 g/mol. The Morgan fingerprint density at radius 1 is 0.829 bits per heavy atom. The molecule has 3 aromatic carbocycles. The fourth-order valence-electron chi connectivity index (χ4n) is 4.76. The zero-order chi connectivity index (χ0) is 30.1. The summed E-state index contributed by atoms with van der Waals surface area (Å²) in [6.07, 6.45) is 0.743. The van der Waals surface area contributed by atoms with Crippen LogP contribution in [0.5, 0.6) is 0 Å². The van der Waals surface area contributed by atoms with Gasteiger partial charge in [-0.3, -0.25) is 19.8 Å². The topological polar surface area (TPSA) is 168 Å². The molecule has 3 rings (SSSR count). The molecule has 216 valence electrons. The monoisotopic (exact) mass is 596 g/mol. The number of nitrogens with two attached hydrogens (primary N) is 3. The molecular formula is C30H34Cl2N6O3. The number of primary amides is 2. The van der Waals surface area contributed by atoms with Crippen molar-refractivity contribution >= 4 is 46.9 Å². The van der Waals surface area contributed by atoms with Gasteiger partial charge >= 0.3 is 0 Å². The van der Waals surface area contributed by atoms with Crippen molar-refractivity contribution in [3.63, 3.8) is 0 Å². The fourth-order valence-corrected chi connectivity index (χ4v) is 5.02. The van der Waals surface area contributed by atoms with Crippen LogP contribution in [0.15, 0.2) is 72.8 Å². The van der Waals surface area contributed by atoms with Gasteiger partial charge in [0.25, 0.3) is 0 Å². The second-order valence-electron chi connectivity index (χ2n) is 9.74. The minimum Gasteiger partial charge on any atom is -0.370 e. The zero-order valence-corrected chi connectivity index (χ0v) is 24.2. The third-order valence-electron chi connectivity index (χ3n) is 6.80. The largest absolute Gasteiger partial charge is 0.370 e. The Kier molecular flexibility index (Phi) is 11.1. The number of hydrogen-bond acceptors (Lipinski definition) is 4. The van der Waals surface area contributed by atoms with E-state index in [1.165, 1.54) is 4.90 Å². The Hall–Kier alpha value is -4.08. The normalized spacial score (nSPS) is 12.4. The predicted molar refractivity (Wildman–Crippen MR) is 161 cm³/mol. The molecule has 9 nitrogen and oxygen atoms in total. The molecule has 0 fully saturated rings. The van der Waals surface area contributed by atoms with Gasteiger partial charge in [-0.2, -0.15) is 0 Å². The number of nitrogens with one attached hydrogen (secondary N) is 2. The van der Waals surface area contributed by atoms with Crippen LogP contribution in [0.4, 0.5) is 0 Å². The van der Waals surface area contributed by atoms with Crippen LogP contribution in [0.1, 0.15) is 54.0 Å². The maximum atomic E-state index is 14.6. The predicted octanol–water partition coefficient (Wildman–Crippen LogP) is 3.86. The first-order valence-corrected chi connectivity index (χ1v) is 13.8. The number of hydrogen-bond donors (Lipinski definition) is 5. The molecule has 2 atom stereocenters. The first-order valence-electron chi connectivity index (χ1n) is 13.1. The number of guanidine groups is 1. The number of amides is 3. The number of nitrogens with zero attached hydrogens (tertiary/aromatic N) is 1. The third kappa shape index (κ3) is 8.70. The SMILES string of the molecule is C[C@H](c1ccc(CC(N)=O)cc1)N(C(=O)C(c1ccc(Cl)cc1)c1ccc(Cl)cc1)[C@H](CCCNC(=N)N)C(N)=O. The summed E-state index contributed by atoms with van der Waals surface area (Å²) in [4.78, 5) is 40.5. The lowest BCUT2D eigenvalue weighted by Gasteiger charge is -2.38. The second kappa shape index (κ2) is 14.5. The Balaban J connectivity index is 2.10. The standard InChI is InChI=1S/C30H34Cl2N6O3/c1-18(20-6-4-19(5-7-20)17-26(33)39)38(25(28(34)40)3-2-16-37-30(35)36)29(41)27(21-8-12-23(31)13-9-21)22-10-14-24(32)15-11-22/h4-15,18,25,27H,2-3,16-17H2,1H3,(H2,33,39)(H2,34,40)(H4,35,36,37)/t18-,25-/m1/s1. The summed E-state index contributed by atoms with van der Waals surface area (Å²) in [6.45, 7) is 2.15. The van der Waals surface area contributed by atoms with Crippen LogP contribution >= 0.6 is 23.2 Å². The van der Waals surface area contributed by atoms with Gasteiger partial charge in [0.05, 0.1) is 18.4 Å². The lowest BCUT2D eigenvalue weighted by atomic mass is 9.88. The Morgan fingerprint density at radius 2 is 1.32 bits per heavy atom. The van der Waals surface area contributed by atoms with Crippen molar-refractivity contribution in [3.8, 4) is 0 Å². The van der Waals surface area contributed by atoms with Crippen molar-refractivity contribution in [3.05, 3.63) is 105 Å². The van der Waals surface area contributed by atoms with Crippen molar-refractivity contribution < 1.29 is 14.4 Å². The van der Waals surface area contributed by atoms with Crippen LogP contribution in [-0.4, -0.2) is 41.2 Å². The zero-order valence-electron chi connectivity index (χ0n) is 22.6. The molecule has 0 aliphatic carbocycles. The smallest absolute Gasteiger partial charge is 0.240 e. The van der Waals surface area contributed by atoms with Gasteiger partial charge in [-0.15, -0.1) is 0 Å². The molecule has 0 bridgehead atoms. The van der Waals surface area contributed by atoms with E-state index in [1.807, 2.05) is 6.92 Å². The van der Waals surface area contributed by atoms with E-state index in [1.54, 1.807) is 72.8 Å². The van der Waals surface area contributed by atoms with Gasteiger partial charge in [0.2, 0.25) is 17.7 Å². The van der Waals surface area contributed by atoms with Gasteiger partial charge in [-0.05, 0) is 66.3 Å². The molecular weight excluding hydrogens is 563 g/mol. The highest BCUT2D eigenvalue weighted by atomic mass is 35.5. The minimum absolute atomic E-state index is 0.0829. The minimum atomic E-state index is -0.973. The van der Waals surface area contributed by atoms with E-state index in [4.69, 9.17) is 45.8 Å². The summed E-state index contributed by atoms with van der Waals surface area (Å²) < 4.78 is 0. The molecule has 8 N–H and O–H groups in total. The van der Waals surface area contributed by atoms with E-state index in [0.717, 1.165) is 11.1 Å². The summed E-state index contributed by atoms with van der Waals surface area (Å²) in [5, 5.41) is 11.2. The Labute approximate surface area is 249 Å². The van der Waals surface area contributed by atoms with Crippen molar-refractivity contribution in [2.24, 2.45) is 17.2 Å². The first kappa shape index (κ1) is 31.4. The van der Waals surface area contributed by atoms with Gasteiger partial charge in [0.15, 0.2) is 5.96 Å². The van der Waals surface area contributed by atoms with Gasteiger partial charge in [0.1, 0.15) is 6.04 Å². The van der Waals surface area contributed by atoms with E-state index in [2.05, 4.69) is 5.32 Å². The molecule has 41 heavy (non-hydrogen) atoms. The summed E-state index contributed by atoms with van der Waals surface area (Å²) in [7, 11) is 0. The molecule has 0 aromatic heterocycles. The molecule has 0 aliphatic rings. The maximum absolute atomic E-state index is 14.6. The molecule has 11 heteroatoms. The van der Waals surface area contributed by atoms with Crippen molar-refractivity contribution in [2.45, 2.75) is 44.2 Å². The highest BCUT2D eigenvalue weighted by Crippen LogP contribution is 2.34. The number of carbonyl (C=O) groups excluding carboxylic acids is 3. The molecule has 0 unspecified atom stereocenters. The molecule has 0 aliphatic heterocycles.